The van der Waals surface area contributed by atoms with Crippen molar-refractivity contribution < 1.29 is 14.3 Å². The van der Waals surface area contributed by atoms with Crippen LogP contribution in [0.25, 0.3) is 0 Å². The zero-order valence-corrected chi connectivity index (χ0v) is 14.5. The average molecular weight is 366 g/mol. The number of carbonyl (C=O) groups excluding carboxylic acids is 2. The van der Waals surface area contributed by atoms with Gasteiger partial charge in [-0.15, -0.1) is 0 Å². The van der Waals surface area contributed by atoms with Crippen LogP contribution < -0.4 is 10.1 Å². The molecule has 130 valence electrons. The summed E-state index contributed by atoms with van der Waals surface area (Å²) in [6.07, 6.45) is -1.18. The van der Waals surface area contributed by atoms with Crippen LogP contribution in [0.3, 0.4) is 0 Å². The van der Waals surface area contributed by atoms with Crippen LogP contribution in [-0.2, 0) is 0 Å². The summed E-state index contributed by atoms with van der Waals surface area (Å²) < 4.78 is 5.74. The molecule has 0 saturated heterocycles. The van der Waals surface area contributed by atoms with E-state index in [4.69, 9.17) is 16.3 Å². The van der Waals surface area contributed by atoms with E-state index in [0.717, 1.165) is 0 Å². The van der Waals surface area contributed by atoms with Crippen molar-refractivity contribution in [3.63, 3.8) is 0 Å². The number of ketones is 1. The molecule has 5 heteroatoms. The normalized spacial score (nSPS) is 11.4. The van der Waals surface area contributed by atoms with Crippen molar-refractivity contribution in [2.24, 2.45) is 0 Å². The number of rotatable bonds is 6. The lowest BCUT2D eigenvalue weighted by Crippen LogP contribution is -2.45. The lowest BCUT2D eigenvalue weighted by molar-refractivity contribution is 0.0659. The van der Waals surface area contributed by atoms with Gasteiger partial charge in [0.2, 0.25) is 12.0 Å². The first kappa shape index (κ1) is 17.7. The summed E-state index contributed by atoms with van der Waals surface area (Å²) in [5, 5.41) is 3.12. The molecule has 1 unspecified atom stereocenters. The molecular weight excluding hydrogens is 350 g/mol. The standard InChI is InChI=1S/C21H16ClNO3/c22-17-12-7-13-18(14-17)26-21(19(24)15-8-3-1-4-9-15)23-20(25)16-10-5-2-6-11-16/h1-14,21H,(H,23,25). The number of hydrogen-bond acceptors (Lipinski definition) is 3. The van der Waals surface area contributed by atoms with Gasteiger partial charge in [-0.25, -0.2) is 0 Å². The molecule has 0 bridgehead atoms. The summed E-state index contributed by atoms with van der Waals surface area (Å²) >= 11 is 5.97. The number of benzene rings is 3. The fourth-order valence-corrected chi connectivity index (χ4v) is 2.55. The predicted octanol–water partition coefficient (Wildman–Crippen LogP) is 4.36. The molecule has 0 saturated carbocycles. The molecule has 0 radical (unpaired) electrons. The van der Waals surface area contributed by atoms with Gasteiger partial charge in [0.25, 0.3) is 5.91 Å². The van der Waals surface area contributed by atoms with Gasteiger partial charge in [-0.1, -0.05) is 66.2 Å². The summed E-state index contributed by atoms with van der Waals surface area (Å²) in [7, 11) is 0. The van der Waals surface area contributed by atoms with Crippen LogP contribution in [0.5, 0.6) is 5.75 Å². The summed E-state index contributed by atoms with van der Waals surface area (Å²) in [5.74, 6) is -0.364. The fourth-order valence-electron chi connectivity index (χ4n) is 2.37. The Kier molecular flexibility index (Phi) is 5.66. The minimum Gasteiger partial charge on any atom is -0.463 e. The van der Waals surface area contributed by atoms with Gasteiger partial charge < -0.3 is 10.1 Å². The van der Waals surface area contributed by atoms with Crippen LogP contribution in [0.1, 0.15) is 20.7 Å². The first-order chi connectivity index (χ1) is 12.6. The topological polar surface area (TPSA) is 55.4 Å². The lowest BCUT2D eigenvalue weighted by Gasteiger charge is -2.19. The highest BCUT2D eigenvalue weighted by molar-refractivity contribution is 6.30. The van der Waals surface area contributed by atoms with E-state index < -0.39 is 12.1 Å². The Bertz CT molecular complexity index is 897. The van der Waals surface area contributed by atoms with Crippen molar-refractivity contribution >= 4 is 23.3 Å². The summed E-state index contributed by atoms with van der Waals surface area (Å²) in [4.78, 5) is 25.3. The van der Waals surface area contributed by atoms with Crippen molar-refractivity contribution in [1.82, 2.24) is 5.32 Å². The Hall–Kier alpha value is -3.11. The van der Waals surface area contributed by atoms with Gasteiger partial charge in [0.05, 0.1) is 0 Å². The third-order valence-corrected chi connectivity index (χ3v) is 3.88. The molecule has 0 fully saturated rings. The van der Waals surface area contributed by atoms with Crippen molar-refractivity contribution in [3.05, 3.63) is 101 Å². The number of halogens is 1. The van der Waals surface area contributed by atoms with Crippen molar-refractivity contribution in [1.29, 1.82) is 0 Å². The second-order valence-electron chi connectivity index (χ2n) is 5.53. The van der Waals surface area contributed by atoms with Crippen LogP contribution in [0.4, 0.5) is 0 Å². The second-order valence-corrected chi connectivity index (χ2v) is 5.96. The molecule has 26 heavy (non-hydrogen) atoms. The van der Waals surface area contributed by atoms with E-state index in [2.05, 4.69) is 5.32 Å². The third kappa shape index (κ3) is 4.49. The second kappa shape index (κ2) is 8.32. The zero-order valence-electron chi connectivity index (χ0n) is 13.8. The predicted molar refractivity (Wildman–Crippen MR) is 101 cm³/mol. The van der Waals surface area contributed by atoms with E-state index in [9.17, 15) is 9.59 Å². The van der Waals surface area contributed by atoms with Crippen LogP contribution in [0.15, 0.2) is 84.9 Å². The smallest absolute Gasteiger partial charge is 0.254 e. The van der Waals surface area contributed by atoms with Crippen LogP contribution in [0.2, 0.25) is 5.02 Å². The summed E-state index contributed by atoms with van der Waals surface area (Å²) in [6.45, 7) is 0. The lowest BCUT2D eigenvalue weighted by atomic mass is 10.1. The number of amides is 1. The number of ether oxygens (including phenoxy) is 1. The SMILES string of the molecule is O=C(NC(Oc1cccc(Cl)c1)C(=O)c1ccccc1)c1ccccc1. The first-order valence-corrected chi connectivity index (χ1v) is 8.39. The Balaban J connectivity index is 1.85. The highest BCUT2D eigenvalue weighted by Crippen LogP contribution is 2.19. The summed E-state index contributed by atoms with van der Waals surface area (Å²) in [6, 6.07) is 24.0. The van der Waals surface area contributed by atoms with Gasteiger partial charge in [-0.05, 0) is 30.3 Å². The maximum Gasteiger partial charge on any atom is 0.254 e. The number of hydrogen-bond donors (Lipinski definition) is 1. The maximum atomic E-state index is 12.8. The van der Waals surface area contributed by atoms with E-state index in [1.54, 1.807) is 72.8 Å². The molecule has 3 aromatic carbocycles. The van der Waals surface area contributed by atoms with Crippen LogP contribution in [-0.4, -0.2) is 17.9 Å². The average Bonchev–Trinajstić information content (AvgIpc) is 2.68. The summed E-state index contributed by atoms with van der Waals surface area (Å²) in [5.41, 5.74) is 0.876. The fraction of sp³-hybridized carbons (Fsp3) is 0.0476. The zero-order chi connectivity index (χ0) is 18.4. The van der Waals surface area contributed by atoms with E-state index in [0.29, 0.717) is 21.9 Å². The van der Waals surface area contributed by atoms with Crippen LogP contribution >= 0.6 is 11.6 Å². The minimum absolute atomic E-state index is 0.352. The van der Waals surface area contributed by atoms with Gasteiger partial charge in [0, 0.05) is 16.1 Å². The molecule has 3 rings (SSSR count). The maximum absolute atomic E-state index is 12.8. The van der Waals surface area contributed by atoms with Gasteiger partial charge in [-0.2, -0.15) is 0 Å². The van der Waals surface area contributed by atoms with Gasteiger partial charge in [0.15, 0.2) is 0 Å². The molecule has 3 aromatic rings. The highest BCUT2D eigenvalue weighted by atomic mass is 35.5. The van der Waals surface area contributed by atoms with Crippen molar-refractivity contribution in [2.75, 3.05) is 0 Å². The molecule has 0 aliphatic heterocycles. The molecule has 0 aromatic heterocycles. The van der Waals surface area contributed by atoms with Gasteiger partial charge in [-0.3, -0.25) is 9.59 Å². The Morgan fingerprint density at radius 3 is 2.04 bits per heavy atom. The number of Topliss-reactive ketones (excluding diaryl/α,β-unsaturated/α-hetero) is 1. The number of nitrogens with one attached hydrogen (secondary N) is 1. The van der Waals surface area contributed by atoms with Crippen molar-refractivity contribution in [2.45, 2.75) is 6.23 Å². The van der Waals surface area contributed by atoms with Gasteiger partial charge in [0.1, 0.15) is 5.75 Å². The highest BCUT2D eigenvalue weighted by Gasteiger charge is 2.24. The molecular formula is C21H16ClNO3. The Morgan fingerprint density at radius 1 is 0.808 bits per heavy atom. The van der Waals surface area contributed by atoms with E-state index in [1.165, 1.54) is 0 Å². The quantitative estimate of drug-likeness (QED) is 0.521. The third-order valence-electron chi connectivity index (χ3n) is 3.64. The first-order valence-electron chi connectivity index (χ1n) is 8.01. The molecule has 0 aliphatic rings. The minimum atomic E-state index is -1.18. The Morgan fingerprint density at radius 2 is 1.42 bits per heavy atom. The van der Waals surface area contributed by atoms with E-state index in [-0.39, 0.29) is 5.78 Å². The molecule has 4 nitrogen and oxygen atoms in total. The van der Waals surface area contributed by atoms with E-state index in [1.807, 2.05) is 12.1 Å². The molecule has 0 aliphatic carbocycles. The molecule has 1 N–H and O–H groups in total. The Labute approximate surface area is 156 Å². The molecule has 0 spiro atoms. The van der Waals surface area contributed by atoms with Gasteiger partial charge >= 0.3 is 0 Å². The molecule has 0 heterocycles. The number of carbonyl (C=O) groups is 2. The monoisotopic (exact) mass is 365 g/mol. The molecule has 1 amide bonds. The largest absolute Gasteiger partial charge is 0.463 e. The van der Waals surface area contributed by atoms with Crippen molar-refractivity contribution in [3.8, 4) is 5.75 Å². The van der Waals surface area contributed by atoms with Crippen LogP contribution in [0, 0.1) is 0 Å². The van der Waals surface area contributed by atoms with E-state index >= 15 is 0 Å². The molecule has 1 atom stereocenters.